The molecule has 0 fully saturated rings. The van der Waals surface area contributed by atoms with Crippen molar-refractivity contribution >= 4 is 49.3 Å². The van der Waals surface area contributed by atoms with Crippen LogP contribution in [0.15, 0.2) is 157 Å². The van der Waals surface area contributed by atoms with E-state index in [4.69, 9.17) is 4.74 Å². The maximum Gasteiger partial charge on any atom is 0.136 e. The maximum atomic E-state index is 6.55. The third-order valence-electron chi connectivity index (χ3n) is 9.66. The van der Waals surface area contributed by atoms with E-state index < -0.39 is 0 Å². The summed E-state index contributed by atoms with van der Waals surface area (Å²) in [5.74, 6) is 2.28. The van der Waals surface area contributed by atoms with Gasteiger partial charge < -0.3 is 13.9 Å². The Morgan fingerprint density at radius 1 is 0.511 bits per heavy atom. The molecular formula is C42H28N2O. The molecule has 3 heteroatoms. The predicted molar refractivity (Wildman–Crippen MR) is 186 cm³/mol. The van der Waals surface area contributed by atoms with Gasteiger partial charge in [0.05, 0.1) is 33.7 Å². The van der Waals surface area contributed by atoms with Crippen molar-refractivity contribution in [2.24, 2.45) is 0 Å². The third kappa shape index (κ3) is 3.52. The molecule has 1 aliphatic carbocycles. The minimum Gasteiger partial charge on any atom is -0.459 e. The van der Waals surface area contributed by atoms with Crippen LogP contribution in [0.3, 0.4) is 0 Å². The molecule has 45 heavy (non-hydrogen) atoms. The molecule has 1 atom stereocenters. The lowest BCUT2D eigenvalue weighted by molar-refractivity contribution is 0.426. The number of hydrogen-bond acceptors (Lipinski definition) is 1. The second-order valence-corrected chi connectivity index (χ2v) is 12.1. The Morgan fingerprint density at radius 2 is 1.09 bits per heavy atom. The first-order valence-electron chi connectivity index (χ1n) is 15.6. The zero-order chi connectivity index (χ0) is 29.5. The molecule has 10 rings (SSSR count). The quantitative estimate of drug-likeness (QED) is 0.205. The number of allylic oxidation sites excluding steroid dienone is 4. The van der Waals surface area contributed by atoms with Crippen LogP contribution in [-0.4, -0.2) is 9.13 Å². The monoisotopic (exact) mass is 576 g/mol. The molecule has 2 aromatic heterocycles. The number of rotatable bonds is 3. The van der Waals surface area contributed by atoms with Gasteiger partial charge in [-0.15, -0.1) is 0 Å². The van der Waals surface area contributed by atoms with Crippen LogP contribution in [0.1, 0.15) is 17.9 Å². The summed E-state index contributed by atoms with van der Waals surface area (Å²) in [6.07, 6.45) is 5.50. The molecule has 1 unspecified atom stereocenters. The van der Waals surface area contributed by atoms with E-state index in [1.54, 1.807) is 0 Å². The molecule has 8 aromatic rings. The molecule has 0 N–H and O–H groups in total. The Morgan fingerprint density at radius 3 is 1.82 bits per heavy atom. The lowest BCUT2D eigenvalue weighted by Gasteiger charge is -2.20. The van der Waals surface area contributed by atoms with Crippen molar-refractivity contribution < 1.29 is 4.74 Å². The van der Waals surface area contributed by atoms with E-state index in [2.05, 4.69) is 161 Å². The maximum absolute atomic E-state index is 6.55. The van der Waals surface area contributed by atoms with E-state index in [-0.39, 0.29) is 5.92 Å². The Bertz CT molecular complexity index is 2540. The van der Waals surface area contributed by atoms with Crippen LogP contribution in [0.4, 0.5) is 0 Å². The van der Waals surface area contributed by atoms with E-state index in [1.165, 1.54) is 66.0 Å². The molecule has 0 radical (unpaired) electrons. The molecule has 0 saturated carbocycles. The van der Waals surface area contributed by atoms with Crippen molar-refractivity contribution in [1.29, 1.82) is 0 Å². The van der Waals surface area contributed by atoms with Crippen molar-refractivity contribution in [2.45, 2.75) is 12.3 Å². The van der Waals surface area contributed by atoms with Gasteiger partial charge in [0, 0.05) is 32.8 Å². The lowest BCUT2D eigenvalue weighted by atomic mass is 9.91. The van der Waals surface area contributed by atoms with Crippen molar-refractivity contribution in [3.63, 3.8) is 0 Å². The van der Waals surface area contributed by atoms with Crippen LogP contribution in [0, 0.1) is 0 Å². The number of aromatic nitrogens is 2. The first-order valence-corrected chi connectivity index (χ1v) is 15.6. The number of benzene rings is 6. The average molecular weight is 577 g/mol. The highest BCUT2D eigenvalue weighted by Crippen LogP contribution is 2.48. The van der Waals surface area contributed by atoms with Crippen molar-refractivity contribution in [1.82, 2.24) is 9.13 Å². The van der Waals surface area contributed by atoms with Gasteiger partial charge in [0.2, 0.25) is 0 Å². The minimum atomic E-state index is 0.251. The summed E-state index contributed by atoms with van der Waals surface area (Å²) < 4.78 is 11.3. The van der Waals surface area contributed by atoms with E-state index >= 15 is 0 Å². The van der Waals surface area contributed by atoms with Crippen LogP contribution in [-0.2, 0) is 0 Å². The van der Waals surface area contributed by atoms with Crippen molar-refractivity contribution in [3.05, 3.63) is 163 Å². The Labute approximate surface area is 260 Å². The summed E-state index contributed by atoms with van der Waals surface area (Å²) in [5.41, 5.74) is 10.8. The summed E-state index contributed by atoms with van der Waals surface area (Å²) in [5, 5.41) is 5.02. The van der Waals surface area contributed by atoms with Crippen LogP contribution in [0.25, 0.3) is 66.1 Å². The van der Waals surface area contributed by atoms with Gasteiger partial charge in [0.1, 0.15) is 11.5 Å². The van der Waals surface area contributed by atoms with Gasteiger partial charge in [-0.3, -0.25) is 0 Å². The summed E-state index contributed by atoms with van der Waals surface area (Å²) in [6.45, 7) is 0. The average Bonchev–Trinajstić information content (AvgIpc) is 3.76. The molecule has 3 nitrogen and oxygen atoms in total. The van der Waals surface area contributed by atoms with E-state index in [0.717, 1.165) is 23.6 Å². The van der Waals surface area contributed by atoms with E-state index in [0.29, 0.717) is 0 Å². The van der Waals surface area contributed by atoms with Gasteiger partial charge in [-0.1, -0.05) is 91.0 Å². The number of hydrogen-bond donors (Lipinski definition) is 0. The second kappa shape index (κ2) is 9.35. The molecule has 0 bridgehead atoms. The highest BCUT2D eigenvalue weighted by Gasteiger charge is 2.34. The van der Waals surface area contributed by atoms with Gasteiger partial charge in [0.25, 0.3) is 0 Å². The topological polar surface area (TPSA) is 19.1 Å². The zero-order valence-electron chi connectivity index (χ0n) is 24.5. The Kier molecular flexibility index (Phi) is 5.11. The molecule has 0 spiro atoms. The highest BCUT2D eigenvalue weighted by atomic mass is 16.5. The number of para-hydroxylation sites is 4. The molecule has 0 amide bonds. The Hall–Kier alpha value is -5.80. The highest BCUT2D eigenvalue weighted by molar-refractivity contribution is 6.13. The second-order valence-electron chi connectivity index (χ2n) is 12.1. The summed E-state index contributed by atoms with van der Waals surface area (Å²) in [7, 11) is 0. The van der Waals surface area contributed by atoms with Gasteiger partial charge in [-0.05, 0) is 78.2 Å². The smallest absolute Gasteiger partial charge is 0.136 e. The zero-order valence-corrected chi connectivity index (χ0v) is 24.5. The van der Waals surface area contributed by atoms with E-state index in [9.17, 15) is 0 Å². The van der Waals surface area contributed by atoms with Crippen LogP contribution < -0.4 is 4.74 Å². The fourth-order valence-electron chi connectivity index (χ4n) is 7.66. The molecular weight excluding hydrogens is 548 g/mol. The first kappa shape index (κ1) is 24.6. The summed E-state index contributed by atoms with van der Waals surface area (Å²) >= 11 is 0. The Balaban J connectivity index is 1.17. The van der Waals surface area contributed by atoms with Crippen LogP contribution >= 0.6 is 0 Å². The summed E-state index contributed by atoms with van der Waals surface area (Å²) in [4.78, 5) is 0. The number of ether oxygens (including phenoxy) is 1. The minimum absolute atomic E-state index is 0.251. The predicted octanol–water partition coefficient (Wildman–Crippen LogP) is 10.9. The number of fused-ring (bicyclic) bond motifs is 9. The molecule has 6 aromatic carbocycles. The van der Waals surface area contributed by atoms with Gasteiger partial charge in [-0.2, -0.15) is 0 Å². The molecule has 0 saturated heterocycles. The number of nitrogens with zero attached hydrogens (tertiary/aromatic N) is 2. The molecule has 212 valence electrons. The van der Waals surface area contributed by atoms with Gasteiger partial charge in [0.15, 0.2) is 0 Å². The summed E-state index contributed by atoms with van der Waals surface area (Å²) in [6, 6.07) is 50.4. The molecule has 2 aliphatic rings. The third-order valence-corrected chi connectivity index (χ3v) is 9.66. The van der Waals surface area contributed by atoms with Crippen molar-refractivity contribution in [3.8, 4) is 22.6 Å². The van der Waals surface area contributed by atoms with Crippen molar-refractivity contribution in [2.75, 3.05) is 0 Å². The lowest BCUT2D eigenvalue weighted by Crippen LogP contribution is -2.09. The molecule has 1 aliphatic heterocycles. The van der Waals surface area contributed by atoms with Gasteiger partial charge >= 0.3 is 0 Å². The van der Waals surface area contributed by atoms with Crippen LogP contribution in [0.5, 0.6) is 5.75 Å². The fourth-order valence-corrected chi connectivity index (χ4v) is 7.66. The first-order chi connectivity index (χ1) is 22.3. The largest absolute Gasteiger partial charge is 0.459 e. The standard InChI is InChI=1S/C42H28N2O/c1-2-11-29(12-3-1)43-36-17-7-4-13-30(36)34-25-27(21-23-38(34)43)28-22-24-39-35(26-28)31-14-5-8-18-37(31)44(39)40-19-10-16-33-32-15-6-9-20-41(32)45-42(33)40/h1-15,17-26,33H,16H2. The fraction of sp³-hybridized carbons (Fsp3) is 0.0476. The van der Waals surface area contributed by atoms with Crippen LogP contribution in [0.2, 0.25) is 0 Å². The normalized spacial score (nSPS) is 15.7. The molecule has 3 heterocycles. The van der Waals surface area contributed by atoms with E-state index in [1.807, 2.05) is 0 Å². The van der Waals surface area contributed by atoms with Gasteiger partial charge in [-0.25, -0.2) is 0 Å². The SMILES string of the molecule is C1=CC(n2c3ccccc3c3cc(-c4ccc5c(c4)c4ccccc4n5-c4ccccc4)ccc32)=C2Oc3ccccc3C2C1.